The summed E-state index contributed by atoms with van der Waals surface area (Å²) in [7, 11) is 0. The summed E-state index contributed by atoms with van der Waals surface area (Å²) in [4.78, 5) is 23.7. The third kappa shape index (κ3) is 2.26. The lowest BCUT2D eigenvalue weighted by atomic mass is 9.86. The van der Waals surface area contributed by atoms with Gasteiger partial charge in [-0.15, -0.1) is 0 Å². The molecule has 0 bridgehead atoms. The molecule has 3 rings (SSSR count). The molecule has 1 unspecified atom stereocenters. The fourth-order valence-electron chi connectivity index (χ4n) is 2.83. The molecule has 0 aromatic carbocycles. The highest BCUT2D eigenvalue weighted by Gasteiger charge is 2.28. The molecule has 0 radical (unpaired) electrons. The number of aromatic amines is 1. The first kappa shape index (κ1) is 13.4. The maximum Gasteiger partial charge on any atom is 0.223 e. The van der Waals surface area contributed by atoms with Gasteiger partial charge in [0.25, 0.3) is 0 Å². The van der Waals surface area contributed by atoms with Gasteiger partial charge < -0.3 is 10.3 Å². The van der Waals surface area contributed by atoms with Crippen LogP contribution in [0.5, 0.6) is 0 Å². The van der Waals surface area contributed by atoms with E-state index in [0.29, 0.717) is 11.6 Å². The number of halogens is 1. The number of rotatable bonds is 2. The highest BCUT2D eigenvalue weighted by molar-refractivity contribution is 6.34. The highest BCUT2D eigenvalue weighted by Crippen LogP contribution is 2.33. The minimum atomic E-state index is 0.000160. The smallest absolute Gasteiger partial charge is 0.223 e. The molecule has 2 heterocycles. The second kappa shape index (κ2) is 5.05. The van der Waals surface area contributed by atoms with Gasteiger partial charge in [0.2, 0.25) is 5.91 Å². The number of aromatic nitrogens is 3. The van der Waals surface area contributed by atoms with Gasteiger partial charge in [0.05, 0.1) is 5.39 Å². The van der Waals surface area contributed by atoms with E-state index in [1.807, 2.05) is 13.8 Å². The van der Waals surface area contributed by atoms with E-state index in [2.05, 4.69) is 20.3 Å². The Labute approximate surface area is 122 Å². The van der Waals surface area contributed by atoms with E-state index in [-0.39, 0.29) is 17.9 Å². The lowest BCUT2D eigenvalue weighted by Crippen LogP contribution is -2.37. The lowest BCUT2D eigenvalue weighted by molar-refractivity contribution is -0.125. The largest absolute Gasteiger partial charge is 0.354 e. The molecule has 20 heavy (non-hydrogen) atoms. The zero-order valence-electron chi connectivity index (χ0n) is 11.5. The summed E-state index contributed by atoms with van der Waals surface area (Å²) < 4.78 is 0. The standard InChI is InChI=1S/C14H17ClN4O/c1-7(2)18-14(20)8-3-4-10-9(5-8)11-12(15)16-6-17-13(11)19-10/h6-8H,3-5H2,1-2H3,(H,18,20)(H,16,17,19). The Bertz CT molecular complexity index is 664. The number of aryl methyl sites for hydroxylation is 1. The van der Waals surface area contributed by atoms with Gasteiger partial charge in [-0.1, -0.05) is 11.6 Å². The molecule has 5 nitrogen and oxygen atoms in total. The first-order valence-electron chi connectivity index (χ1n) is 6.86. The van der Waals surface area contributed by atoms with Crippen molar-refractivity contribution >= 4 is 28.5 Å². The molecule has 0 spiro atoms. The minimum absolute atomic E-state index is 0.000160. The van der Waals surface area contributed by atoms with Crippen molar-refractivity contribution < 1.29 is 4.79 Å². The molecule has 0 saturated heterocycles. The molecule has 1 aliphatic carbocycles. The molecule has 2 aromatic heterocycles. The molecular weight excluding hydrogens is 276 g/mol. The fourth-order valence-corrected chi connectivity index (χ4v) is 3.07. The quantitative estimate of drug-likeness (QED) is 0.834. The van der Waals surface area contributed by atoms with Crippen LogP contribution in [0.15, 0.2) is 6.33 Å². The summed E-state index contributed by atoms with van der Waals surface area (Å²) in [5.41, 5.74) is 3.00. The molecule has 6 heteroatoms. The molecule has 0 saturated carbocycles. The first-order chi connectivity index (χ1) is 9.56. The number of hydrogen-bond acceptors (Lipinski definition) is 3. The van der Waals surface area contributed by atoms with Crippen molar-refractivity contribution in [1.29, 1.82) is 0 Å². The van der Waals surface area contributed by atoms with Gasteiger partial charge in [0.15, 0.2) is 0 Å². The van der Waals surface area contributed by atoms with Crippen molar-refractivity contribution in [3.05, 3.63) is 22.7 Å². The number of carbonyl (C=O) groups excluding carboxylic acids is 1. The molecule has 0 fully saturated rings. The third-order valence-electron chi connectivity index (χ3n) is 3.73. The van der Waals surface area contributed by atoms with Crippen LogP contribution in [-0.4, -0.2) is 26.9 Å². The molecule has 2 N–H and O–H groups in total. The Balaban J connectivity index is 1.94. The molecule has 1 atom stereocenters. The zero-order chi connectivity index (χ0) is 14.3. The summed E-state index contributed by atoms with van der Waals surface area (Å²) in [6.07, 6.45) is 3.85. The van der Waals surface area contributed by atoms with Gasteiger partial charge in [-0.25, -0.2) is 9.97 Å². The van der Waals surface area contributed by atoms with Crippen molar-refractivity contribution in [1.82, 2.24) is 20.3 Å². The van der Waals surface area contributed by atoms with Crippen molar-refractivity contribution in [3.8, 4) is 0 Å². The summed E-state index contributed by atoms with van der Waals surface area (Å²) >= 11 is 6.18. The van der Waals surface area contributed by atoms with Crippen LogP contribution in [0.3, 0.4) is 0 Å². The van der Waals surface area contributed by atoms with Crippen molar-refractivity contribution in [2.45, 2.75) is 39.2 Å². The van der Waals surface area contributed by atoms with Gasteiger partial charge in [-0.2, -0.15) is 0 Å². The average Bonchev–Trinajstić information content (AvgIpc) is 2.76. The van der Waals surface area contributed by atoms with Crippen LogP contribution in [0.4, 0.5) is 0 Å². The molecule has 1 aliphatic rings. The Hall–Kier alpha value is -1.62. The fraction of sp³-hybridized carbons (Fsp3) is 0.500. The second-order valence-corrected chi connectivity index (χ2v) is 5.93. The van der Waals surface area contributed by atoms with Gasteiger partial charge in [0, 0.05) is 17.7 Å². The normalized spacial score (nSPS) is 18.3. The van der Waals surface area contributed by atoms with E-state index >= 15 is 0 Å². The van der Waals surface area contributed by atoms with E-state index in [0.717, 1.165) is 35.1 Å². The van der Waals surface area contributed by atoms with E-state index in [9.17, 15) is 4.79 Å². The second-order valence-electron chi connectivity index (χ2n) is 5.57. The van der Waals surface area contributed by atoms with Crippen LogP contribution in [0.2, 0.25) is 5.15 Å². The Morgan fingerprint density at radius 3 is 3.05 bits per heavy atom. The number of nitrogens with zero attached hydrogens (tertiary/aromatic N) is 2. The van der Waals surface area contributed by atoms with E-state index in [1.54, 1.807) is 0 Å². The molecular formula is C14H17ClN4O. The number of amides is 1. The zero-order valence-corrected chi connectivity index (χ0v) is 12.3. The minimum Gasteiger partial charge on any atom is -0.354 e. The SMILES string of the molecule is CC(C)NC(=O)C1CCc2[nH]c3ncnc(Cl)c3c2C1. The van der Waals surface area contributed by atoms with Crippen LogP contribution in [0.25, 0.3) is 11.0 Å². The van der Waals surface area contributed by atoms with Crippen molar-refractivity contribution in [3.63, 3.8) is 0 Å². The number of carbonyl (C=O) groups is 1. The predicted octanol–water partition coefficient (Wildman–Crippen LogP) is 2.24. The van der Waals surface area contributed by atoms with Gasteiger partial charge >= 0.3 is 0 Å². The predicted molar refractivity (Wildman–Crippen MR) is 77.7 cm³/mol. The van der Waals surface area contributed by atoms with Gasteiger partial charge in [-0.3, -0.25) is 4.79 Å². The maximum atomic E-state index is 12.2. The molecule has 0 aliphatic heterocycles. The van der Waals surface area contributed by atoms with Crippen LogP contribution >= 0.6 is 11.6 Å². The van der Waals surface area contributed by atoms with Crippen LogP contribution in [0, 0.1) is 5.92 Å². The van der Waals surface area contributed by atoms with Gasteiger partial charge in [0.1, 0.15) is 17.1 Å². The van der Waals surface area contributed by atoms with Gasteiger partial charge in [-0.05, 0) is 38.7 Å². The lowest BCUT2D eigenvalue weighted by Gasteiger charge is -2.22. The first-order valence-corrected chi connectivity index (χ1v) is 7.24. The van der Waals surface area contributed by atoms with Crippen LogP contribution in [-0.2, 0) is 17.6 Å². The van der Waals surface area contributed by atoms with E-state index in [4.69, 9.17) is 11.6 Å². The summed E-state index contributed by atoms with van der Waals surface area (Å²) in [6, 6.07) is 0.166. The Morgan fingerprint density at radius 2 is 2.30 bits per heavy atom. The Kier molecular flexibility index (Phi) is 3.38. The topological polar surface area (TPSA) is 70.7 Å². The molecule has 106 valence electrons. The number of H-pyrrole nitrogens is 1. The third-order valence-corrected chi connectivity index (χ3v) is 4.02. The average molecular weight is 293 g/mol. The summed E-state index contributed by atoms with van der Waals surface area (Å²) in [5, 5.41) is 4.31. The van der Waals surface area contributed by atoms with E-state index < -0.39 is 0 Å². The number of hydrogen-bond donors (Lipinski definition) is 2. The number of nitrogens with one attached hydrogen (secondary N) is 2. The van der Waals surface area contributed by atoms with Crippen LogP contribution in [0.1, 0.15) is 31.5 Å². The van der Waals surface area contributed by atoms with Crippen LogP contribution < -0.4 is 5.32 Å². The summed E-state index contributed by atoms with van der Waals surface area (Å²) in [6.45, 7) is 3.95. The summed E-state index contributed by atoms with van der Waals surface area (Å²) in [5.74, 6) is 0.119. The maximum absolute atomic E-state index is 12.2. The molecule has 2 aromatic rings. The highest BCUT2D eigenvalue weighted by atomic mass is 35.5. The monoisotopic (exact) mass is 292 g/mol. The van der Waals surface area contributed by atoms with Crippen molar-refractivity contribution in [2.75, 3.05) is 0 Å². The number of fused-ring (bicyclic) bond motifs is 3. The Morgan fingerprint density at radius 1 is 1.50 bits per heavy atom. The van der Waals surface area contributed by atoms with E-state index in [1.165, 1.54) is 6.33 Å². The van der Waals surface area contributed by atoms with Crippen molar-refractivity contribution in [2.24, 2.45) is 5.92 Å². The molecule has 1 amide bonds.